The third kappa shape index (κ3) is 2.65. The first-order chi connectivity index (χ1) is 9.06. The molecule has 0 aromatic heterocycles. The predicted octanol–water partition coefficient (Wildman–Crippen LogP) is 2.40. The van der Waals surface area contributed by atoms with Gasteiger partial charge in [-0.3, -0.25) is 9.69 Å². The van der Waals surface area contributed by atoms with Gasteiger partial charge >= 0.3 is 0 Å². The number of benzene rings is 1. The number of nitrogens with zero attached hydrogens (tertiary/aromatic N) is 3. The molecule has 2 unspecified atom stereocenters. The van der Waals surface area contributed by atoms with Crippen molar-refractivity contribution in [2.45, 2.75) is 25.4 Å². The summed E-state index contributed by atoms with van der Waals surface area (Å²) < 4.78 is 0.899. The van der Waals surface area contributed by atoms with Gasteiger partial charge in [-0.2, -0.15) is 5.26 Å². The number of likely N-dealkylation sites (N-methyl/N-ethyl adjacent to an activating group) is 1. The van der Waals surface area contributed by atoms with E-state index >= 15 is 0 Å². The number of hydrogen-bond acceptors (Lipinski definition) is 3. The van der Waals surface area contributed by atoms with Crippen LogP contribution >= 0.6 is 15.9 Å². The van der Waals surface area contributed by atoms with E-state index in [0.717, 1.165) is 10.2 Å². The highest BCUT2D eigenvalue weighted by Crippen LogP contribution is 2.30. The normalized spacial score (nSPS) is 24.3. The highest BCUT2D eigenvalue weighted by atomic mass is 79.9. The molecule has 0 aliphatic carbocycles. The first-order valence-corrected chi connectivity index (χ1v) is 7.00. The van der Waals surface area contributed by atoms with Crippen LogP contribution in [-0.2, 0) is 4.79 Å². The largest absolute Gasteiger partial charge is 0.308 e. The van der Waals surface area contributed by atoms with Crippen LogP contribution < -0.4 is 4.90 Å². The van der Waals surface area contributed by atoms with Gasteiger partial charge in [-0.25, -0.2) is 0 Å². The molecule has 19 heavy (non-hydrogen) atoms. The fourth-order valence-corrected chi connectivity index (χ4v) is 2.85. The third-order valence-electron chi connectivity index (χ3n) is 3.61. The summed E-state index contributed by atoms with van der Waals surface area (Å²) in [4.78, 5) is 16.3. The number of amides is 1. The zero-order valence-electron chi connectivity index (χ0n) is 11.0. The standard InChI is InChI=1S/C14H16BrN3O/c1-10-9-18(12-6-4-3-5-11(12)15)14(19)13(7-8-16)17(10)2/h3-6,10,13H,7,9H2,1-2H3. The maximum absolute atomic E-state index is 12.5. The summed E-state index contributed by atoms with van der Waals surface area (Å²) >= 11 is 3.48. The smallest absolute Gasteiger partial charge is 0.245 e. The lowest BCUT2D eigenvalue weighted by Crippen LogP contribution is -2.59. The molecule has 1 fully saturated rings. The van der Waals surface area contributed by atoms with E-state index in [4.69, 9.17) is 5.26 Å². The minimum absolute atomic E-state index is 0.00551. The molecule has 5 heteroatoms. The van der Waals surface area contributed by atoms with Crippen molar-refractivity contribution in [3.63, 3.8) is 0 Å². The van der Waals surface area contributed by atoms with Crippen molar-refractivity contribution in [1.29, 1.82) is 5.26 Å². The summed E-state index contributed by atoms with van der Waals surface area (Å²) in [5, 5.41) is 8.90. The van der Waals surface area contributed by atoms with Crippen molar-refractivity contribution in [3.8, 4) is 6.07 Å². The second-order valence-corrected chi connectivity index (χ2v) is 5.65. The number of rotatable bonds is 2. The molecule has 1 heterocycles. The molecule has 1 aliphatic rings. The molecule has 0 radical (unpaired) electrons. The zero-order valence-corrected chi connectivity index (χ0v) is 12.6. The summed E-state index contributed by atoms with van der Waals surface area (Å²) in [6.07, 6.45) is 0.223. The fraction of sp³-hybridized carbons (Fsp3) is 0.429. The topological polar surface area (TPSA) is 47.3 Å². The van der Waals surface area contributed by atoms with Crippen molar-refractivity contribution in [2.75, 3.05) is 18.5 Å². The first kappa shape index (κ1) is 14.0. The van der Waals surface area contributed by atoms with Gasteiger partial charge in [-0.1, -0.05) is 12.1 Å². The summed E-state index contributed by atoms with van der Waals surface area (Å²) in [5.74, 6) is -0.00551. The van der Waals surface area contributed by atoms with Crippen molar-refractivity contribution >= 4 is 27.5 Å². The van der Waals surface area contributed by atoms with Gasteiger partial charge in [0.25, 0.3) is 0 Å². The number of carbonyl (C=O) groups excluding carboxylic acids is 1. The molecule has 1 saturated heterocycles. The Balaban J connectivity index is 2.34. The Morgan fingerprint density at radius 2 is 2.16 bits per heavy atom. The van der Waals surface area contributed by atoms with E-state index in [1.165, 1.54) is 0 Å². The van der Waals surface area contributed by atoms with Crippen LogP contribution in [0.15, 0.2) is 28.7 Å². The van der Waals surface area contributed by atoms with Crippen LogP contribution in [0.25, 0.3) is 0 Å². The van der Waals surface area contributed by atoms with Crippen LogP contribution in [0.2, 0.25) is 0 Å². The van der Waals surface area contributed by atoms with Crippen LogP contribution in [-0.4, -0.2) is 36.5 Å². The Morgan fingerprint density at radius 3 is 2.79 bits per heavy atom. The minimum atomic E-state index is -0.360. The van der Waals surface area contributed by atoms with Crippen LogP contribution in [0.1, 0.15) is 13.3 Å². The molecule has 2 atom stereocenters. The monoisotopic (exact) mass is 321 g/mol. The molecule has 0 bridgehead atoms. The molecule has 1 aromatic carbocycles. The summed E-state index contributed by atoms with van der Waals surface area (Å²) in [6, 6.07) is 9.64. The fourth-order valence-electron chi connectivity index (χ4n) is 2.35. The molecule has 0 N–H and O–H groups in total. The summed E-state index contributed by atoms with van der Waals surface area (Å²) in [6.45, 7) is 2.71. The lowest BCUT2D eigenvalue weighted by Gasteiger charge is -2.42. The second kappa shape index (κ2) is 5.72. The molecular weight excluding hydrogens is 306 g/mol. The Morgan fingerprint density at radius 1 is 1.47 bits per heavy atom. The molecule has 1 amide bonds. The van der Waals surface area contributed by atoms with Crippen molar-refractivity contribution in [1.82, 2.24) is 4.90 Å². The van der Waals surface area contributed by atoms with E-state index in [9.17, 15) is 4.79 Å². The number of halogens is 1. The maximum Gasteiger partial charge on any atom is 0.245 e. The molecule has 1 aliphatic heterocycles. The Kier molecular flexibility index (Phi) is 4.23. The quantitative estimate of drug-likeness (QED) is 0.840. The van der Waals surface area contributed by atoms with Crippen molar-refractivity contribution < 1.29 is 4.79 Å². The maximum atomic E-state index is 12.5. The lowest BCUT2D eigenvalue weighted by molar-refractivity contribution is -0.126. The van der Waals surface area contributed by atoms with Gasteiger partial charge in [-0.05, 0) is 42.0 Å². The molecular formula is C14H16BrN3O. The average Bonchev–Trinajstić information content (AvgIpc) is 2.40. The van der Waals surface area contributed by atoms with Crippen LogP contribution in [0.4, 0.5) is 5.69 Å². The van der Waals surface area contributed by atoms with E-state index in [1.807, 2.05) is 36.2 Å². The van der Waals surface area contributed by atoms with Gasteiger partial charge in [0.05, 0.1) is 18.2 Å². The third-order valence-corrected chi connectivity index (χ3v) is 4.28. The van der Waals surface area contributed by atoms with Gasteiger partial charge in [-0.15, -0.1) is 0 Å². The Labute approximate surface area is 121 Å². The highest BCUT2D eigenvalue weighted by molar-refractivity contribution is 9.10. The molecule has 2 rings (SSSR count). The Hall–Kier alpha value is -1.38. The molecule has 0 spiro atoms. The summed E-state index contributed by atoms with van der Waals surface area (Å²) in [7, 11) is 1.90. The van der Waals surface area contributed by atoms with Crippen LogP contribution in [0, 0.1) is 11.3 Å². The Bertz CT molecular complexity index is 526. The van der Waals surface area contributed by atoms with E-state index < -0.39 is 0 Å². The van der Waals surface area contributed by atoms with Crippen molar-refractivity contribution in [3.05, 3.63) is 28.7 Å². The number of anilines is 1. The zero-order chi connectivity index (χ0) is 14.0. The molecule has 4 nitrogen and oxygen atoms in total. The van der Waals surface area contributed by atoms with Crippen molar-refractivity contribution in [2.24, 2.45) is 0 Å². The van der Waals surface area contributed by atoms with Gasteiger partial charge in [0, 0.05) is 17.1 Å². The number of para-hydroxylation sites is 1. The molecule has 100 valence electrons. The van der Waals surface area contributed by atoms with Gasteiger partial charge < -0.3 is 4.90 Å². The number of nitriles is 1. The average molecular weight is 322 g/mol. The number of carbonyl (C=O) groups is 1. The second-order valence-electron chi connectivity index (χ2n) is 4.79. The van der Waals surface area contributed by atoms with Gasteiger partial charge in [0.2, 0.25) is 5.91 Å². The molecule has 0 saturated carbocycles. The van der Waals surface area contributed by atoms with Crippen LogP contribution in [0.5, 0.6) is 0 Å². The first-order valence-electron chi connectivity index (χ1n) is 6.21. The summed E-state index contributed by atoms with van der Waals surface area (Å²) in [5.41, 5.74) is 0.871. The predicted molar refractivity (Wildman–Crippen MR) is 77.7 cm³/mol. The van der Waals surface area contributed by atoms with Crippen LogP contribution in [0.3, 0.4) is 0 Å². The van der Waals surface area contributed by atoms with E-state index in [0.29, 0.717) is 6.54 Å². The number of piperazine rings is 1. The van der Waals surface area contributed by atoms with Gasteiger partial charge in [0.1, 0.15) is 6.04 Å². The lowest BCUT2D eigenvalue weighted by atomic mass is 10.0. The molecule has 1 aromatic rings. The van der Waals surface area contributed by atoms with E-state index in [1.54, 1.807) is 4.90 Å². The minimum Gasteiger partial charge on any atom is -0.308 e. The highest BCUT2D eigenvalue weighted by Gasteiger charge is 2.37. The SMILES string of the molecule is CC1CN(c2ccccc2Br)C(=O)C(CC#N)N1C. The van der Waals surface area contributed by atoms with E-state index in [-0.39, 0.29) is 24.4 Å². The number of hydrogen-bond donors (Lipinski definition) is 0. The van der Waals surface area contributed by atoms with E-state index in [2.05, 4.69) is 28.9 Å². The van der Waals surface area contributed by atoms with Gasteiger partial charge in [0.15, 0.2) is 0 Å².